The highest BCUT2D eigenvalue weighted by atomic mass is 16.5. The van der Waals surface area contributed by atoms with Gasteiger partial charge < -0.3 is 14.6 Å². The maximum Gasteiger partial charge on any atom is 0.126 e. The van der Waals surface area contributed by atoms with Crippen LogP contribution in [0.15, 0.2) is 42.5 Å². The highest BCUT2D eigenvalue weighted by Crippen LogP contribution is 2.33. The van der Waals surface area contributed by atoms with Crippen LogP contribution in [0.25, 0.3) is 0 Å². The molecule has 0 fully saturated rings. The number of benzene rings is 2. The number of phenolic OH excluding ortho intramolecular Hbond substituents is 1. The molecule has 0 aliphatic carbocycles. The number of aromatic hydroxyl groups is 1. The highest BCUT2D eigenvalue weighted by Gasteiger charge is 2.22. The topological polar surface area (TPSA) is 38.7 Å². The first-order valence-electron chi connectivity index (χ1n) is 6.86. The molecule has 2 aromatic carbocycles. The Morgan fingerprint density at radius 3 is 2.75 bits per heavy atom. The molecule has 1 unspecified atom stereocenters. The van der Waals surface area contributed by atoms with E-state index < -0.39 is 0 Å². The van der Waals surface area contributed by atoms with Crippen LogP contribution in [-0.4, -0.2) is 18.3 Å². The lowest BCUT2D eigenvalue weighted by molar-refractivity contribution is 0.221. The first-order valence-corrected chi connectivity index (χ1v) is 6.86. The van der Waals surface area contributed by atoms with Crippen LogP contribution in [-0.2, 0) is 12.8 Å². The van der Waals surface area contributed by atoms with E-state index in [0.29, 0.717) is 5.75 Å². The molecule has 104 valence electrons. The molecule has 0 radical (unpaired) electrons. The van der Waals surface area contributed by atoms with Crippen molar-refractivity contribution in [2.45, 2.75) is 25.4 Å². The zero-order valence-corrected chi connectivity index (χ0v) is 11.5. The first kappa shape index (κ1) is 12.9. The molecule has 0 spiro atoms. The van der Waals surface area contributed by atoms with Crippen molar-refractivity contribution in [3.05, 3.63) is 53.6 Å². The Balaban J connectivity index is 1.60. The molecule has 0 aromatic heterocycles. The monoisotopic (exact) mass is 270 g/mol. The number of aryl methyl sites for hydroxylation is 1. The summed E-state index contributed by atoms with van der Waals surface area (Å²) in [6.45, 7) is 0. The second-order valence-electron chi connectivity index (χ2n) is 5.12. The second-order valence-corrected chi connectivity index (χ2v) is 5.12. The standard InChI is InChI=1S/C17H18O3/c1-19-15-9-5-13-10-16(20-17(13)11-15)8-4-12-2-6-14(18)7-3-12/h2-3,5-7,9,11,16,18H,4,8,10H2,1H3. The average molecular weight is 270 g/mol. The van der Waals surface area contributed by atoms with Gasteiger partial charge in [-0.15, -0.1) is 0 Å². The van der Waals surface area contributed by atoms with Crippen LogP contribution in [0.1, 0.15) is 17.5 Å². The van der Waals surface area contributed by atoms with Gasteiger partial charge in [0.25, 0.3) is 0 Å². The van der Waals surface area contributed by atoms with E-state index in [2.05, 4.69) is 6.07 Å². The average Bonchev–Trinajstić information content (AvgIpc) is 2.88. The van der Waals surface area contributed by atoms with Crippen LogP contribution < -0.4 is 9.47 Å². The number of phenols is 1. The van der Waals surface area contributed by atoms with Gasteiger partial charge in [-0.2, -0.15) is 0 Å². The Hall–Kier alpha value is -2.16. The molecule has 1 atom stereocenters. The molecule has 1 N–H and O–H groups in total. The number of fused-ring (bicyclic) bond motifs is 1. The van der Waals surface area contributed by atoms with E-state index in [9.17, 15) is 5.11 Å². The third-order valence-electron chi connectivity index (χ3n) is 3.71. The molecule has 0 saturated heterocycles. The van der Waals surface area contributed by atoms with E-state index in [1.165, 1.54) is 11.1 Å². The van der Waals surface area contributed by atoms with Crippen molar-refractivity contribution in [1.82, 2.24) is 0 Å². The Kier molecular flexibility index (Phi) is 3.50. The van der Waals surface area contributed by atoms with Crippen LogP contribution in [0, 0.1) is 0 Å². The second kappa shape index (κ2) is 5.45. The molecule has 1 heterocycles. The van der Waals surface area contributed by atoms with E-state index in [4.69, 9.17) is 9.47 Å². The van der Waals surface area contributed by atoms with E-state index in [-0.39, 0.29) is 6.10 Å². The lowest BCUT2D eigenvalue weighted by Crippen LogP contribution is -2.13. The summed E-state index contributed by atoms with van der Waals surface area (Å²) in [5.74, 6) is 2.09. The number of ether oxygens (including phenoxy) is 2. The van der Waals surface area contributed by atoms with Gasteiger partial charge in [-0.3, -0.25) is 0 Å². The maximum absolute atomic E-state index is 9.27. The molecule has 3 rings (SSSR count). The van der Waals surface area contributed by atoms with Gasteiger partial charge in [0.1, 0.15) is 23.4 Å². The summed E-state index contributed by atoms with van der Waals surface area (Å²) in [6.07, 6.45) is 3.11. The quantitative estimate of drug-likeness (QED) is 0.926. The Morgan fingerprint density at radius 1 is 1.20 bits per heavy atom. The van der Waals surface area contributed by atoms with Crippen molar-refractivity contribution in [3.8, 4) is 17.2 Å². The van der Waals surface area contributed by atoms with Gasteiger partial charge in [0.15, 0.2) is 0 Å². The van der Waals surface area contributed by atoms with Gasteiger partial charge in [0.2, 0.25) is 0 Å². The zero-order chi connectivity index (χ0) is 13.9. The summed E-state index contributed by atoms with van der Waals surface area (Å²) in [7, 11) is 1.67. The summed E-state index contributed by atoms with van der Waals surface area (Å²) >= 11 is 0. The minimum Gasteiger partial charge on any atom is -0.508 e. The minimum absolute atomic E-state index is 0.228. The van der Waals surface area contributed by atoms with Crippen molar-refractivity contribution in [1.29, 1.82) is 0 Å². The predicted octanol–water partition coefficient (Wildman–Crippen LogP) is 3.34. The summed E-state index contributed by atoms with van der Waals surface area (Å²) in [4.78, 5) is 0. The molecule has 1 aliphatic rings. The van der Waals surface area contributed by atoms with E-state index in [1.54, 1.807) is 19.2 Å². The Bertz CT molecular complexity index is 590. The molecule has 2 aromatic rings. The predicted molar refractivity (Wildman–Crippen MR) is 77.5 cm³/mol. The van der Waals surface area contributed by atoms with Crippen molar-refractivity contribution in [3.63, 3.8) is 0 Å². The molecular weight excluding hydrogens is 252 g/mol. The summed E-state index contributed by atoms with van der Waals surface area (Å²) in [6, 6.07) is 13.4. The van der Waals surface area contributed by atoms with Crippen molar-refractivity contribution >= 4 is 0 Å². The van der Waals surface area contributed by atoms with Crippen molar-refractivity contribution < 1.29 is 14.6 Å². The fraction of sp³-hybridized carbons (Fsp3) is 0.294. The summed E-state index contributed by atoms with van der Waals surface area (Å²) in [5, 5.41) is 9.27. The molecule has 0 amide bonds. The van der Waals surface area contributed by atoms with Gasteiger partial charge in [-0.05, 0) is 42.2 Å². The van der Waals surface area contributed by atoms with E-state index in [1.807, 2.05) is 24.3 Å². The highest BCUT2D eigenvalue weighted by molar-refractivity contribution is 5.43. The van der Waals surface area contributed by atoms with Crippen LogP contribution in [0.5, 0.6) is 17.2 Å². The molecule has 3 nitrogen and oxygen atoms in total. The molecular formula is C17H18O3. The zero-order valence-electron chi connectivity index (χ0n) is 11.5. The van der Waals surface area contributed by atoms with Gasteiger partial charge >= 0.3 is 0 Å². The van der Waals surface area contributed by atoms with Gasteiger partial charge in [0.05, 0.1) is 7.11 Å². The lowest BCUT2D eigenvalue weighted by Gasteiger charge is -2.10. The minimum atomic E-state index is 0.228. The van der Waals surface area contributed by atoms with Gasteiger partial charge in [-0.25, -0.2) is 0 Å². The van der Waals surface area contributed by atoms with E-state index in [0.717, 1.165) is 30.8 Å². The van der Waals surface area contributed by atoms with Crippen molar-refractivity contribution in [2.24, 2.45) is 0 Å². The Labute approximate surface area is 118 Å². The van der Waals surface area contributed by atoms with Crippen LogP contribution in [0.4, 0.5) is 0 Å². The van der Waals surface area contributed by atoms with Crippen LogP contribution >= 0.6 is 0 Å². The van der Waals surface area contributed by atoms with E-state index >= 15 is 0 Å². The lowest BCUT2D eigenvalue weighted by atomic mass is 10.0. The molecule has 3 heteroatoms. The maximum atomic E-state index is 9.27. The van der Waals surface area contributed by atoms with Crippen molar-refractivity contribution in [2.75, 3.05) is 7.11 Å². The third-order valence-corrected chi connectivity index (χ3v) is 3.71. The van der Waals surface area contributed by atoms with Gasteiger partial charge in [0, 0.05) is 12.5 Å². The first-order chi connectivity index (χ1) is 9.74. The number of methoxy groups -OCH3 is 1. The number of rotatable bonds is 4. The summed E-state index contributed by atoms with van der Waals surface area (Å²) < 4.78 is 11.2. The summed E-state index contributed by atoms with van der Waals surface area (Å²) in [5.41, 5.74) is 2.47. The number of hydrogen-bond donors (Lipinski definition) is 1. The van der Waals surface area contributed by atoms with Crippen LogP contribution in [0.2, 0.25) is 0 Å². The molecule has 1 aliphatic heterocycles. The Morgan fingerprint density at radius 2 is 2.00 bits per heavy atom. The van der Waals surface area contributed by atoms with Crippen LogP contribution in [0.3, 0.4) is 0 Å². The fourth-order valence-electron chi connectivity index (χ4n) is 2.56. The third kappa shape index (κ3) is 2.72. The molecule has 0 bridgehead atoms. The SMILES string of the molecule is COc1ccc2c(c1)OC(CCc1ccc(O)cc1)C2. The molecule has 0 saturated carbocycles. The smallest absolute Gasteiger partial charge is 0.126 e. The fourth-order valence-corrected chi connectivity index (χ4v) is 2.56. The molecule has 20 heavy (non-hydrogen) atoms. The number of hydrogen-bond acceptors (Lipinski definition) is 3. The largest absolute Gasteiger partial charge is 0.508 e. The normalized spacial score (nSPS) is 16.6. The van der Waals surface area contributed by atoms with Gasteiger partial charge in [-0.1, -0.05) is 18.2 Å².